The zero-order chi connectivity index (χ0) is 58.9. The van der Waals surface area contributed by atoms with E-state index in [4.69, 9.17) is 81.5 Å². The first-order chi connectivity index (χ1) is 41.2. The summed E-state index contributed by atoms with van der Waals surface area (Å²) < 4.78 is 86.0. The van der Waals surface area contributed by atoms with Crippen LogP contribution in [-0.2, 0) is 99.9 Å². The Balaban J connectivity index is 0.000000246. The van der Waals surface area contributed by atoms with Crippen LogP contribution in [-0.4, -0.2) is 256 Å². The van der Waals surface area contributed by atoms with Gasteiger partial charge in [0.25, 0.3) is 23.6 Å². The molecule has 8 fully saturated rings. The van der Waals surface area contributed by atoms with E-state index in [0.29, 0.717) is 56.8 Å². The molecular weight excluding hydrogens is 1170 g/mol. The largest absolute Gasteiger partial charge is 0.481 e. The van der Waals surface area contributed by atoms with Crippen LogP contribution in [0.2, 0.25) is 0 Å². The zero-order valence-corrected chi connectivity index (χ0v) is 47.5. The number of aliphatic hydroxyl groups is 2. The Morgan fingerprint density at radius 2 is 0.843 bits per heavy atom. The van der Waals surface area contributed by atoms with Crippen molar-refractivity contribution in [2.24, 2.45) is 0 Å². The second kappa shape index (κ2) is 31.2. The number of carbonyl (C=O) groups is 6. The third-order valence-corrected chi connectivity index (χ3v) is 17.2. The molecule has 0 bridgehead atoms. The smallest absolute Gasteiger partial charge is 0.338 e. The van der Waals surface area contributed by atoms with Crippen LogP contribution in [0.1, 0.15) is 94.8 Å². The van der Waals surface area contributed by atoms with Crippen molar-refractivity contribution < 1.29 is 123 Å². The van der Waals surface area contributed by atoms with Gasteiger partial charge in [-0.2, -0.15) is 5.06 Å². The molecule has 6 radical (unpaired) electrons. The van der Waals surface area contributed by atoms with Crippen molar-refractivity contribution in [3.63, 3.8) is 0 Å². The second-order valence-electron chi connectivity index (χ2n) is 23.0. The van der Waals surface area contributed by atoms with Crippen molar-refractivity contribution >= 4 is 52.4 Å². The summed E-state index contributed by atoms with van der Waals surface area (Å²) >= 11 is 0. The summed E-state index contributed by atoms with van der Waals surface area (Å²) in [4.78, 5) is 72.2. The van der Waals surface area contributed by atoms with Crippen LogP contribution in [0.5, 0.6) is 0 Å². The maximum atomic E-state index is 12.3. The van der Waals surface area contributed by atoms with Crippen LogP contribution in [0.3, 0.4) is 0 Å². The summed E-state index contributed by atoms with van der Waals surface area (Å²) in [7, 11) is 0. The van der Waals surface area contributed by atoms with E-state index >= 15 is 0 Å². The molecule has 0 aromatic carbocycles. The molecule has 0 aliphatic carbocycles. The van der Waals surface area contributed by atoms with Gasteiger partial charge in [-0.1, -0.05) is 87.8 Å². The highest BCUT2D eigenvalue weighted by Crippen LogP contribution is 2.41. The molecule has 24 atom stereocenters. The van der Waals surface area contributed by atoms with E-state index in [1.807, 2.05) is 72.9 Å². The van der Waals surface area contributed by atoms with Crippen LogP contribution >= 0.6 is 0 Å². The number of carboxylic acids is 1. The van der Waals surface area contributed by atoms with Crippen molar-refractivity contribution in [2.45, 2.75) is 239 Å². The summed E-state index contributed by atoms with van der Waals surface area (Å²) in [6.07, 6.45) is 16.5. The molecule has 14 aliphatic heterocycles. The van der Waals surface area contributed by atoms with Crippen molar-refractivity contribution in [3.8, 4) is 0 Å². The number of ether oxygens (including phenoxy) is 14. The van der Waals surface area contributed by atoms with E-state index in [9.17, 15) is 39.0 Å². The average molecular weight is 1260 g/mol. The molecule has 8 saturated heterocycles. The first-order valence-corrected chi connectivity index (χ1v) is 29.4. The molecule has 0 aromatic rings. The van der Waals surface area contributed by atoms with E-state index in [-0.39, 0.29) is 165 Å². The number of amides is 4. The lowest BCUT2D eigenvalue weighted by atomic mass is 9.87. The fraction of sp³-hybridized carbons (Fsp3) is 0.700. The minimum Gasteiger partial charge on any atom is -0.481 e. The molecule has 2 unspecified atom stereocenters. The lowest BCUT2D eigenvalue weighted by Crippen LogP contribution is -2.63. The number of hydroxylamine groups is 4. The molecule has 0 spiro atoms. The predicted octanol–water partition coefficient (Wildman–Crippen LogP) is 1.79. The van der Waals surface area contributed by atoms with E-state index < -0.39 is 109 Å². The van der Waals surface area contributed by atoms with Crippen LogP contribution in [0.15, 0.2) is 72.9 Å². The minimum absolute atomic E-state index is 0. The molecule has 27 nitrogen and oxygen atoms in total. The summed E-state index contributed by atoms with van der Waals surface area (Å²) in [6.45, 7) is 1.27. The van der Waals surface area contributed by atoms with Crippen molar-refractivity contribution in [2.75, 3.05) is 26.4 Å². The number of aliphatic hydroxyl groups excluding tert-OH is 2. The maximum absolute atomic E-state index is 12.3. The van der Waals surface area contributed by atoms with Crippen LogP contribution in [0.4, 0.5) is 0 Å². The van der Waals surface area contributed by atoms with Gasteiger partial charge in [0, 0.05) is 58.2 Å². The van der Waals surface area contributed by atoms with E-state index in [0.717, 1.165) is 0 Å². The Morgan fingerprint density at radius 1 is 0.449 bits per heavy atom. The summed E-state index contributed by atoms with van der Waals surface area (Å²) in [5, 5.41) is 40.3. The van der Waals surface area contributed by atoms with Gasteiger partial charge in [-0.3, -0.25) is 29.2 Å². The SMILES string of the molecule is C.C.O=C(CC1OC[C@H]2O[C@H]3C=C[C@H]4O[C@H]5[C@H](O)[C@H]6OCC=CC[C@@H]6O[C@@H]5C[C@@H]4O[C@@H]3C/C=C\[C@@H]2O1)ON1C(=O)CCC1=O.O=C(O)CC1OC[C@H]2O[C@H]3C=C[C@H]4O[C@H]5[C@H](O)[C@H]6OCC=CC[C@@H]6O[C@@H]5C[C@@H]4O[C@@H]3C/C=C\[C@@H]2O1.O=C1CCC(=O)N1O.[2HH].[2HH].[B].[B]. The summed E-state index contributed by atoms with van der Waals surface area (Å²) in [5.41, 5.74) is 0. The summed E-state index contributed by atoms with van der Waals surface area (Å²) in [6, 6.07) is 0. The van der Waals surface area contributed by atoms with Gasteiger partial charge in [-0.15, -0.1) is 5.06 Å². The Hall–Kier alpha value is -4.89. The molecule has 14 heterocycles. The molecule has 29 heteroatoms. The van der Waals surface area contributed by atoms with Crippen molar-refractivity contribution in [1.29, 1.82) is 0 Å². The van der Waals surface area contributed by atoms with Gasteiger partial charge in [-0.25, -0.2) is 4.79 Å². The van der Waals surface area contributed by atoms with Gasteiger partial charge in [0.2, 0.25) is 0 Å². The van der Waals surface area contributed by atoms with Gasteiger partial charge in [0.1, 0.15) is 85.5 Å². The highest BCUT2D eigenvalue weighted by Gasteiger charge is 2.55. The van der Waals surface area contributed by atoms with Crippen LogP contribution < -0.4 is 0 Å². The lowest BCUT2D eigenvalue weighted by molar-refractivity contribution is -0.289. The number of hydrogen-bond donors (Lipinski definition) is 4. The number of nitrogens with zero attached hydrogens (tertiary/aromatic N) is 2. The van der Waals surface area contributed by atoms with Gasteiger partial charge in [-0.05, 0) is 25.7 Å². The maximum Gasteiger partial charge on any atom is 0.338 e. The summed E-state index contributed by atoms with van der Waals surface area (Å²) in [5.74, 6) is -3.87. The standard InChI is InChI=1S/C29H35NO12.C25H32O10.C4H5NO3.2CH4.2B.2H2/c31-23-9-10-24(32)30(23)42-25(33)13-26-36-14-22-16(40-26)6-3-5-15-17(38-22)7-8-18-20(37-15)12-21-29(41-18)27(34)28-19(39-21)4-1-2-11-35-28;26-21(27)11-22-30-12-20-14(34-22)6-3-5-13-15(32-20)7-8-16-18(31-13)10-19-25(35-16)23(28)24-17(33-19)4-1-2-9-29-24;6-3-1-2-4(7)5(3)8;;;;;;/h1-3,6-8,15-22,26-29,34H,4-5,9-14H2;1-3,6-8,13-20,22-25,28H,4-5,9-12H2,(H,26,27);8H,1-2H2;2*1H4;;;2*1H/b2*6-3-;;;;;;;/t15-,16+,17+,18-,19+,20+,21-,22-,26?,27-,28+,29-;13-,14+,15+,16-,17+,18+,19-,20-,22?,23-,24+,25-;;;;;;;/m11......./s1/i;;;;;;;2*1+1. The van der Waals surface area contributed by atoms with Crippen LogP contribution in [0.25, 0.3) is 0 Å². The zero-order valence-electron chi connectivity index (χ0n) is 47.5. The van der Waals surface area contributed by atoms with E-state index in [1.54, 1.807) is 0 Å². The molecule has 14 aliphatic rings. The minimum atomic E-state index is -0.973. The molecule has 490 valence electrons. The first kappa shape index (κ1) is 70.0. The number of hydrogen-bond acceptors (Lipinski definition) is 24. The Labute approximate surface area is 522 Å². The molecular formula is C60H84B2N2O25. The second-order valence-corrected chi connectivity index (χ2v) is 23.0. The average Bonchev–Trinajstić information content (AvgIpc) is 1.78. The number of rotatable bonds is 5. The fourth-order valence-corrected chi connectivity index (χ4v) is 13.0. The quantitative estimate of drug-likeness (QED) is 0.132. The van der Waals surface area contributed by atoms with Crippen molar-refractivity contribution in [1.82, 2.24) is 10.1 Å². The highest BCUT2D eigenvalue weighted by atomic mass is 16.7. The molecule has 4 N–H and O–H groups in total. The monoisotopic (exact) mass is 1260 g/mol. The first-order valence-electron chi connectivity index (χ1n) is 29.4. The Morgan fingerprint density at radius 3 is 1.27 bits per heavy atom. The van der Waals surface area contributed by atoms with Crippen molar-refractivity contribution in [3.05, 3.63) is 72.9 Å². The third kappa shape index (κ3) is 16.0. The number of aliphatic carboxylic acids is 1. The Kier molecular flexibility index (Phi) is 24.5. The van der Waals surface area contributed by atoms with Crippen LogP contribution in [0, 0.1) is 0 Å². The number of fused-ring (bicyclic) bond motifs is 10. The van der Waals surface area contributed by atoms with Gasteiger partial charge in [0.05, 0.1) is 88.1 Å². The molecule has 0 aromatic heterocycles. The third-order valence-electron chi connectivity index (χ3n) is 17.2. The number of carboxylic acid groups (broad SMARTS) is 1. The Bertz CT molecular complexity index is 2640. The molecule has 89 heavy (non-hydrogen) atoms. The van der Waals surface area contributed by atoms with Gasteiger partial charge < -0.3 is 86.5 Å². The van der Waals surface area contributed by atoms with E-state index in [1.165, 1.54) is 0 Å². The molecule has 0 saturated carbocycles. The number of imide groups is 2. The van der Waals surface area contributed by atoms with E-state index in [2.05, 4.69) is 0 Å². The topological polar surface area (TPSA) is 328 Å². The predicted molar refractivity (Wildman–Crippen MR) is 309 cm³/mol. The molecule has 14 rings (SSSR count). The molecule has 4 amide bonds. The van der Waals surface area contributed by atoms with Gasteiger partial charge >= 0.3 is 11.9 Å². The fourth-order valence-electron chi connectivity index (χ4n) is 13.0. The normalized spacial score (nSPS) is 43.0. The number of carbonyl (C=O) groups excluding carboxylic acids is 5. The lowest BCUT2D eigenvalue weighted by Gasteiger charge is -2.49. The van der Waals surface area contributed by atoms with Gasteiger partial charge in [0.15, 0.2) is 12.6 Å². The highest BCUT2D eigenvalue weighted by molar-refractivity contribution is 6.01.